The molecule has 304 valence electrons. The molecular weight excluding hydrogens is 704 g/mol. The summed E-state index contributed by atoms with van der Waals surface area (Å²) in [4.78, 5) is 62.2. The summed E-state index contributed by atoms with van der Waals surface area (Å²) in [5.41, 5.74) is 0.802. The van der Waals surface area contributed by atoms with E-state index in [0.717, 1.165) is 76.2 Å². The minimum atomic E-state index is -1.20. The number of amides is 2. The Bertz CT molecular complexity index is 1670. The molecule has 0 aromatic carbocycles. The molecule has 0 saturated heterocycles. The highest BCUT2D eigenvalue weighted by Crippen LogP contribution is 2.76. The minimum Gasteiger partial charge on any atom is -0.480 e. The molecule has 0 aromatic heterocycles. The van der Waals surface area contributed by atoms with Crippen molar-refractivity contribution in [2.75, 3.05) is 26.3 Å². The normalized spacial score (nSPS) is 38.6. The Hall–Kier alpha value is -3.83. The fraction of sp³-hybridized carbons (Fsp3) is 0.744. The molecule has 0 bridgehead atoms. The molecule has 0 aromatic rings. The average Bonchev–Trinajstić information content (AvgIpc) is 3.13. The van der Waals surface area contributed by atoms with Gasteiger partial charge in [0.25, 0.3) is 0 Å². The van der Waals surface area contributed by atoms with E-state index >= 15 is 0 Å². The van der Waals surface area contributed by atoms with Crippen molar-refractivity contribution in [3.8, 4) is 0 Å². The van der Waals surface area contributed by atoms with Crippen LogP contribution in [0, 0.1) is 50.2 Å². The number of ether oxygens (including phenoxy) is 3. The largest absolute Gasteiger partial charge is 0.480 e. The van der Waals surface area contributed by atoms with Crippen LogP contribution in [-0.4, -0.2) is 72.7 Å². The number of hydrogen-bond acceptors (Lipinski definition) is 8. The van der Waals surface area contributed by atoms with Crippen molar-refractivity contribution in [1.29, 1.82) is 0 Å². The van der Waals surface area contributed by atoms with Gasteiger partial charge in [-0.1, -0.05) is 71.4 Å². The predicted octanol–water partition coefficient (Wildman–Crippen LogP) is 7.58. The smallest absolute Gasteiger partial charge is 0.407 e. The maximum absolute atomic E-state index is 14.4. The van der Waals surface area contributed by atoms with Crippen molar-refractivity contribution in [3.63, 3.8) is 0 Å². The van der Waals surface area contributed by atoms with Crippen LogP contribution in [-0.2, 0) is 28.6 Å². The first kappa shape index (κ1) is 40.8. The number of alkyl carbamates (subject to hydrolysis) is 2. The van der Waals surface area contributed by atoms with Crippen molar-refractivity contribution >= 4 is 30.1 Å². The molecule has 6 rings (SSSR count). The molecule has 0 spiro atoms. The molecule has 12 nitrogen and oxygen atoms in total. The van der Waals surface area contributed by atoms with Crippen molar-refractivity contribution < 1.29 is 48.4 Å². The number of esters is 1. The van der Waals surface area contributed by atoms with Crippen LogP contribution in [0.5, 0.6) is 0 Å². The van der Waals surface area contributed by atoms with Gasteiger partial charge in [-0.05, 0) is 122 Å². The topological polar surface area (TPSA) is 178 Å². The maximum atomic E-state index is 14.4. The molecule has 4 saturated carbocycles. The number of carboxylic acid groups (broad SMARTS) is 2. The van der Waals surface area contributed by atoms with Gasteiger partial charge < -0.3 is 35.1 Å². The van der Waals surface area contributed by atoms with Gasteiger partial charge in [0.05, 0.1) is 5.41 Å². The summed E-state index contributed by atoms with van der Waals surface area (Å²) in [6.45, 7) is 13.0. The van der Waals surface area contributed by atoms with Gasteiger partial charge in [-0.25, -0.2) is 9.59 Å². The van der Waals surface area contributed by atoms with Gasteiger partial charge in [-0.2, -0.15) is 0 Å². The van der Waals surface area contributed by atoms with E-state index in [1.165, 1.54) is 5.57 Å². The van der Waals surface area contributed by atoms with E-state index in [1.807, 2.05) is 6.92 Å². The summed E-state index contributed by atoms with van der Waals surface area (Å²) in [5, 5.41) is 22.8. The van der Waals surface area contributed by atoms with Crippen molar-refractivity contribution in [2.24, 2.45) is 50.2 Å². The monoisotopic (exact) mass is 766 g/mol. The van der Waals surface area contributed by atoms with Gasteiger partial charge in [0.1, 0.15) is 32.4 Å². The lowest BCUT2D eigenvalue weighted by atomic mass is 9.33. The van der Waals surface area contributed by atoms with Crippen LogP contribution in [0.25, 0.3) is 0 Å². The SMILES string of the molecule is CC1(C)CC[C@]2(C(=O)OCC3=CC=CCC3)CC[C@]3(C)C(=CCC4[C@@]5(C)CC[C@H](OC(=O)NCC(=O)O)[C@@](C)(COC(=O)NCC(=O)O)C5CC[C@]43C)[C@@H]2C1. The third kappa shape index (κ3) is 7.31. The van der Waals surface area contributed by atoms with Crippen LogP contribution in [0.3, 0.4) is 0 Å². The van der Waals surface area contributed by atoms with Crippen LogP contribution in [0.1, 0.15) is 119 Å². The van der Waals surface area contributed by atoms with Crippen molar-refractivity contribution in [3.05, 3.63) is 35.5 Å². The molecule has 4 N–H and O–H groups in total. The first-order valence-electron chi connectivity index (χ1n) is 20.3. The molecule has 12 heteroatoms. The molecule has 6 aliphatic carbocycles. The van der Waals surface area contributed by atoms with E-state index in [0.29, 0.717) is 13.0 Å². The number of carbonyl (C=O) groups excluding carboxylic acids is 3. The fourth-order valence-electron chi connectivity index (χ4n) is 12.6. The van der Waals surface area contributed by atoms with Gasteiger partial charge in [0.15, 0.2) is 0 Å². The Morgan fingerprint density at radius 3 is 2.18 bits per heavy atom. The van der Waals surface area contributed by atoms with Crippen molar-refractivity contribution in [2.45, 2.75) is 125 Å². The summed E-state index contributed by atoms with van der Waals surface area (Å²) < 4.78 is 17.9. The van der Waals surface area contributed by atoms with E-state index in [2.05, 4.69) is 69.6 Å². The van der Waals surface area contributed by atoms with Crippen LogP contribution >= 0.6 is 0 Å². The first-order chi connectivity index (χ1) is 25.8. The zero-order chi connectivity index (χ0) is 40.0. The van der Waals surface area contributed by atoms with Crippen LogP contribution < -0.4 is 10.6 Å². The molecule has 55 heavy (non-hydrogen) atoms. The third-order valence-corrected chi connectivity index (χ3v) is 15.8. The maximum Gasteiger partial charge on any atom is 0.407 e. The standard InChI is InChI=1S/C43H62N2O10/c1-38(2)18-20-43(35(50)53-25-27-10-8-7-9-11-27)21-19-41(5)28(29(43)22-38)12-13-31-39(3)16-15-32(55-37(52)45-24-34(48)49)40(4,30(39)14-17-42(31,41)6)26-54-36(51)44-23-33(46)47/h7-8,10,12,29-32H,9,11,13-26H2,1-6H3,(H,44,51)(H,45,52)(H,46,47)(H,48,49)/t29-,30?,31?,32-,39-,40-,41+,42+,43-/m0/s1. The number of carboxylic acids is 2. The van der Waals surface area contributed by atoms with Gasteiger partial charge in [-0.15, -0.1) is 0 Å². The third-order valence-electron chi connectivity index (χ3n) is 15.8. The summed E-state index contributed by atoms with van der Waals surface area (Å²) in [5.74, 6) is -2.12. The second kappa shape index (κ2) is 14.9. The number of hydrogen-bond donors (Lipinski definition) is 4. The fourth-order valence-corrected chi connectivity index (χ4v) is 12.6. The summed E-state index contributed by atoms with van der Waals surface area (Å²) in [6, 6.07) is 0. The molecular formula is C43H62N2O10. The molecule has 0 radical (unpaired) electrons. The molecule has 2 unspecified atom stereocenters. The number of fused-ring (bicyclic) bond motifs is 7. The lowest BCUT2D eigenvalue weighted by Crippen LogP contribution is -2.66. The Labute approximate surface area is 325 Å². The summed E-state index contributed by atoms with van der Waals surface area (Å²) >= 11 is 0. The average molecular weight is 767 g/mol. The van der Waals surface area contributed by atoms with Gasteiger partial charge in [0.2, 0.25) is 0 Å². The van der Waals surface area contributed by atoms with E-state index < -0.39 is 54.1 Å². The first-order valence-corrected chi connectivity index (χ1v) is 20.3. The highest BCUT2D eigenvalue weighted by molar-refractivity contribution is 5.79. The minimum absolute atomic E-state index is 0.0369. The molecule has 0 heterocycles. The Morgan fingerprint density at radius 2 is 1.51 bits per heavy atom. The number of allylic oxidation sites excluding steroid dienone is 5. The lowest BCUT2D eigenvalue weighted by molar-refractivity contribution is -0.216. The summed E-state index contributed by atoms with van der Waals surface area (Å²) in [7, 11) is 0. The molecule has 2 amide bonds. The van der Waals surface area contributed by atoms with Crippen LogP contribution in [0.4, 0.5) is 9.59 Å². The quantitative estimate of drug-likeness (QED) is 0.0985. The lowest BCUT2D eigenvalue weighted by Gasteiger charge is -2.71. The number of aliphatic carboxylic acids is 2. The number of rotatable bonds is 10. The Morgan fingerprint density at radius 1 is 0.818 bits per heavy atom. The second-order valence-electron chi connectivity index (χ2n) is 19.2. The summed E-state index contributed by atoms with van der Waals surface area (Å²) in [6.07, 6.45) is 16.5. The zero-order valence-electron chi connectivity index (χ0n) is 33.6. The molecule has 9 atom stereocenters. The highest BCUT2D eigenvalue weighted by atomic mass is 16.6. The van der Waals surface area contributed by atoms with E-state index in [1.54, 1.807) is 0 Å². The van der Waals surface area contributed by atoms with Gasteiger partial charge >= 0.3 is 30.1 Å². The second-order valence-corrected chi connectivity index (χ2v) is 19.2. The number of carbonyl (C=O) groups is 5. The predicted molar refractivity (Wildman–Crippen MR) is 204 cm³/mol. The Kier molecular flexibility index (Phi) is 11.1. The Balaban J connectivity index is 1.31. The van der Waals surface area contributed by atoms with Crippen LogP contribution in [0.15, 0.2) is 35.5 Å². The highest BCUT2D eigenvalue weighted by Gasteiger charge is 2.70. The van der Waals surface area contributed by atoms with E-state index in [9.17, 15) is 24.0 Å². The van der Waals surface area contributed by atoms with Crippen molar-refractivity contribution in [1.82, 2.24) is 10.6 Å². The zero-order valence-corrected chi connectivity index (χ0v) is 33.6. The van der Waals surface area contributed by atoms with E-state index in [4.69, 9.17) is 24.4 Å². The molecule has 6 aliphatic rings. The molecule has 0 aliphatic heterocycles. The van der Waals surface area contributed by atoms with Gasteiger partial charge in [0, 0.05) is 5.41 Å². The number of nitrogens with one attached hydrogen (secondary N) is 2. The van der Waals surface area contributed by atoms with Crippen LogP contribution in [0.2, 0.25) is 0 Å². The molecule has 4 fully saturated rings. The van der Waals surface area contributed by atoms with E-state index in [-0.39, 0.29) is 52.0 Å². The van der Waals surface area contributed by atoms with Gasteiger partial charge in [-0.3, -0.25) is 14.4 Å².